The van der Waals surface area contributed by atoms with Gasteiger partial charge < -0.3 is 5.73 Å². The molecular weight excluding hydrogens is 573 g/mol. The highest BCUT2D eigenvalue weighted by molar-refractivity contribution is 6.13. The molecule has 0 radical (unpaired) electrons. The third-order valence-electron chi connectivity index (χ3n) is 9.04. The molecule has 0 heterocycles. The lowest BCUT2D eigenvalue weighted by Crippen LogP contribution is -2.16. The average Bonchev–Trinajstić information content (AvgIpc) is 3.36. The van der Waals surface area contributed by atoms with Crippen molar-refractivity contribution >= 4 is 11.7 Å². The Balaban J connectivity index is 1.25. The number of hydrogen-bond donors (Lipinski definition) is 1. The van der Waals surface area contributed by atoms with E-state index in [9.17, 15) is 5.26 Å². The summed E-state index contributed by atoms with van der Waals surface area (Å²) >= 11 is 0. The molecule has 0 unspecified atom stereocenters. The molecular formula is C43H34N4. The molecule has 6 aromatic carbocycles. The predicted molar refractivity (Wildman–Crippen MR) is 193 cm³/mol. The minimum Gasteiger partial charge on any atom is -0.383 e. The number of hydrogen-bond acceptors (Lipinski definition) is 2. The molecule has 0 fully saturated rings. The smallest absolute Gasteiger partial charge is 0.157 e. The van der Waals surface area contributed by atoms with Crippen LogP contribution in [-0.4, -0.2) is 11.7 Å². The number of nitriles is 1. The van der Waals surface area contributed by atoms with E-state index in [1.807, 2.05) is 72.8 Å². The number of amidine groups is 2. The standard InChI is InChI=1S/C43H34N4/c1-43(2)39-26-33(24-25-36(39)37-19-11-16-34(27-44)40(37)43)30-20-22-31(23-21-30)35-17-9-10-18-38(35)42(46-28-29-12-5-3-6-13-29)47-41(45)32-14-7-4-8-15-32/h3-26H,28H2,1-2H3,(H2,45,46,47). The molecule has 1 aliphatic carbocycles. The molecule has 1 aliphatic rings. The second-order valence-electron chi connectivity index (χ2n) is 12.3. The van der Waals surface area contributed by atoms with Gasteiger partial charge in [-0.15, -0.1) is 0 Å². The maximum absolute atomic E-state index is 9.83. The van der Waals surface area contributed by atoms with Crippen molar-refractivity contribution in [2.45, 2.75) is 25.8 Å². The van der Waals surface area contributed by atoms with Crippen LogP contribution in [0.2, 0.25) is 0 Å². The summed E-state index contributed by atoms with van der Waals surface area (Å²) in [5, 5.41) is 9.83. The molecule has 2 N–H and O–H groups in total. The minimum atomic E-state index is -0.260. The van der Waals surface area contributed by atoms with Gasteiger partial charge in [0.05, 0.1) is 18.2 Å². The molecule has 7 rings (SSSR count). The number of nitrogens with zero attached hydrogens (tertiary/aromatic N) is 3. The first-order chi connectivity index (χ1) is 22.9. The average molecular weight is 607 g/mol. The van der Waals surface area contributed by atoms with Gasteiger partial charge in [-0.25, -0.2) is 4.99 Å². The molecule has 0 aliphatic heterocycles. The van der Waals surface area contributed by atoms with Gasteiger partial charge >= 0.3 is 0 Å². The van der Waals surface area contributed by atoms with Crippen LogP contribution in [0.4, 0.5) is 0 Å². The van der Waals surface area contributed by atoms with Gasteiger partial charge in [0.1, 0.15) is 5.84 Å². The number of benzene rings is 6. The Morgan fingerprint density at radius 2 is 1.30 bits per heavy atom. The topological polar surface area (TPSA) is 74.5 Å². The predicted octanol–water partition coefficient (Wildman–Crippen LogP) is 9.55. The Morgan fingerprint density at radius 3 is 2.04 bits per heavy atom. The van der Waals surface area contributed by atoms with Crippen molar-refractivity contribution in [2.75, 3.05) is 0 Å². The van der Waals surface area contributed by atoms with Crippen molar-refractivity contribution in [1.82, 2.24) is 0 Å². The van der Waals surface area contributed by atoms with Gasteiger partial charge in [0.2, 0.25) is 0 Å². The maximum Gasteiger partial charge on any atom is 0.157 e. The molecule has 0 bridgehead atoms. The van der Waals surface area contributed by atoms with E-state index in [2.05, 4.69) is 92.7 Å². The van der Waals surface area contributed by atoms with Gasteiger partial charge in [0, 0.05) is 16.5 Å². The largest absolute Gasteiger partial charge is 0.383 e. The minimum absolute atomic E-state index is 0.260. The fourth-order valence-electron chi connectivity index (χ4n) is 6.64. The lowest BCUT2D eigenvalue weighted by atomic mass is 9.79. The Kier molecular flexibility index (Phi) is 7.81. The van der Waals surface area contributed by atoms with Crippen LogP contribution in [0, 0.1) is 11.3 Å². The highest BCUT2D eigenvalue weighted by atomic mass is 15.0. The zero-order valence-electron chi connectivity index (χ0n) is 26.5. The van der Waals surface area contributed by atoms with Crippen LogP contribution in [0.5, 0.6) is 0 Å². The fraction of sp³-hybridized carbons (Fsp3) is 0.0930. The first kappa shape index (κ1) is 29.6. The number of nitrogens with two attached hydrogens (primary N) is 1. The summed E-state index contributed by atoms with van der Waals surface area (Å²) < 4.78 is 0. The van der Waals surface area contributed by atoms with Crippen LogP contribution in [0.3, 0.4) is 0 Å². The van der Waals surface area contributed by atoms with E-state index in [0.29, 0.717) is 18.2 Å². The third-order valence-corrected chi connectivity index (χ3v) is 9.04. The third kappa shape index (κ3) is 5.65. The van der Waals surface area contributed by atoms with Crippen molar-refractivity contribution < 1.29 is 0 Å². The van der Waals surface area contributed by atoms with Crippen molar-refractivity contribution in [1.29, 1.82) is 5.26 Å². The summed E-state index contributed by atoms with van der Waals surface area (Å²) in [7, 11) is 0. The number of aliphatic imine (C=N–C) groups is 2. The molecule has 4 nitrogen and oxygen atoms in total. The molecule has 0 spiro atoms. The summed E-state index contributed by atoms with van der Waals surface area (Å²) in [4.78, 5) is 9.87. The molecule has 4 heteroatoms. The normalized spacial score (nSPS) is 13.5. The van der Waals surface area contributed by atoms with E-state index in [1.165, 1.54) is 11.1 Å². The zero-order valence-corrected chi connectivity index (χ0v) is 26.5. The van der Waals surface area contributed by atoms with E-state index in [1.54, 1.807) is 0 Å². The molecule has 0 saturated carbocycles. The highest BCUT2D eigenvalue weighted by Gasteiger charge is 2.37. The van der Waals surface area contributed by atoms with Crippen molar-refractivity contribution in [3.63, 3.8) is 0 Å². The number of fused-ring (bicyclic) bond motifs is 3. The molecule has 0 saturated heterocycles. The quantitative estimate of drug-likeness (QED) is 0.151. The van der Waals surface area contributed by atoms with Gasteiger partial charge in [0.25, 0.3) is 0 Å². The molecule has 6 aromatic rings. The molecule has 0 aromatic heterocycles. The lowest BCUT2D eigenvalue weighted by Gasteiger charge is -2.23. The monoisotopic (exact) mass is 606 g/mol. The van der Waals surface area contributed by atoms with Gasteiger partial charge in [-0.05, 0) is 62.2 Å². The van der Waals surface area contributed by atoms with Gasteiger partial charge in [0.15, 0.2) is 5.84 Å². The van der Waals surface area contributed by atoms with E-state index in [4.69, 9.17) is 15.7 Å². The Morgan fingerprint density at radius 1 is 0.660 bits per heavy atom. The Bertz CT molecular complexity index is 2190. The fourth-order valence-corrected chi connectivity index (χ4v) is 6.64. The summed E-state index contributed by atoms with van der Waals surface area (Å²) in [6.45, 7) is 4.92. The van der Waals surface area contributed by atoms with E-state index in [-0.39, 0.29) is 5.41 Å². The highest BCUT2D eigenvalue weighted by Crippen LogP contribution is 2.50. The van der Waals surface area contributed by atoms with E-state index in [0.717, 1.165) is 55.6 Å². The summed E-state index contributed by atoms with van der Waals surface area (Å²) in [6.07, 6.45) is 0. The Labute approximate surface area is 276 Å². The van der Waals surface area contributed by atoms with Crippen LogP contribution < -0.4 is 5.73 Å². The molecule has 226 valence electrons. The van der Waals surface area contributed by atoms with E-state index >= 15 is 0 Å². The van der Waals surface area contributed by atoms with Crippen molar-refractivity contribution in [3.05, 3.63) is 179 Å². The molecule has 47 heavy (non-hydrogen) atoms. The molecule has 0 amide bonds. The van der Waals surface area contributed by atoms with Crippen molar-refractivity contribution in [2.24, 2.45) is 15.7 Å². The second-order valence-corrected chi connectivity index (χ2v) is 12.3. The van der Waals surface area contributed by atoms with Crippen LogP contribution >= 0.6 is 0 Å². The Hall–Kier alpha value is -6.05. The van der Waals surface area contributed by atoms with Crippen LogP contribution in [0.25, 0.3) is 33.4 Å². The van der Waals surface area contributed by atoms with Crippen LogP contribution in [0.1, 0.15) is 47.2 Å². The first-order valence-electron chi connectivity index (χ1n) is 15.8. The van der Waals surface area contributed by atoms with Gasteiger partial charge in [-0.2, -0.15) is 5.26 Å². The first-order valence-corrected chi connectivity index (χ1v) is 15.8. The number of rotatable bonds is 6. The maximum atomic E-state index is 9.83. The summed E-state index contributed by atoms with van der Waals surface area (Å²) in [5.41, 5.74) is 19.0. The zero-order chi connectivity index (χ0) is 32.4. The van der Waals surface area contributed by atoms with Gasteiger partial charge in [-0.3, -0.25) is 4.99 Å². The van der Waals surface area contributed by atoms with E-state index < -0.39 is 0 Å². The van der Waals surface area contributed by atoms with Gasteiger partial charge in [-0.1, -0.05) is 147 Å². The van der Waals surface area contributed by atoms with Crippen LogP contribution in [-0.2, 0) is 12.0 Å². The molecule has 0 atom stereocenters. The van der Waals surface area contributed by atoms with Crippen LogP contribution in [0.15, 0.2) is 156 Å². The lowest BCUT2D eigenvalue weighted by molar-refractivity contribution is 0.658. The summed E-state index contributed by atoms with van der Waals surface area (Å²) in [6, 6.07) is 52.0. The second kappa shape index (κ2) is 12.4. The summed E-state index contributed by atoms with van der Waals surface area (Å²) in [5.74, 6) is 1.01. The van der Waals surface area contributed by atoms with Crippen molar-refractivity contribution in [3.8, 4) is 39.4 Å². The SMILES string of the molecule is CC1(C)c2cc(-c3ccc(-c4ccccc4C(N=C(N)c4ccccc4)=NCc4ccccc4)cc3)ccc2-c2cccc(C#N)c21.